The SMILES string of the molecule is N#CCOC(=O)CNC(=O)c1ccccc1I. The summed E-state index contributed by atoms with van der Waals surface area (Å²) >= 11 is 2.04. The van der Waals surface area contributed by atoms with Crippen molar-refractivity contribution in [2.24, 2.45) is 0 Å². The highest BCUT2D eigenvalue weighted by atomic mass is 127. The second kappa shape index (κ2) is 6.85. The van der Waals surface area contributed by atoms with Gasteiger partial charge in [-0.3, -0.25) is 9.59 Å². The standard InChI is InChI=1S/C11H9IN2O3/c12-9-4-2-1-3-8(9)11(16)14-7-10(15)17-6-5-13/h1-4H,6-7H2,(H,14,16). The van der Waals surface area contributed by atoms with E-state index in [1.807, 2.05) is 28.7 Å². The normalized spacial score (nSPS) is 9.18. The number of benzene rings is 1. The summed E-state index contributed by atoms with van der Waals surface area (Å²) in [6, 6.07) is 8.69. The molecule has 0 aliphatic carbocycles. The molecule has 0 unspecified atom stereocenters. The van der Waals surface area contributed by atoms with Crippen LogP contribution in [0.25, 0.3) is 0 Å². The molecule has 88 valence electrons. The minimum atomic E-state index is -0.633. The lowest BCUT2D eigenvalue weighted by Crippen LogP contribution is -2.31. The van der Waals surface area contributed by atoms with Crippen molar-refractivity contribution in [3.63, 3.8) is 0 Å². The maximum absolute atomic E-state index is 11.7. The summed E-state index contributed by atoms with van der Waals surface area (Å²) < 4.78 is 5.29. The molecule has 1 N–H and O–H groups in total. The van der Waals surface area contributed by atoms with E-state index >= 15 is 0 Å². The fourth-order valence-electron chi connectivity index (χ4n) is 1.06. The molecule has 0 saturated heterocycles. The van der Waals surface area contributed by atoms with Crippen LogP contribution in [0.3, 0.4) is 0 Å². The fraction of sp³-hybridized carbons (Fsp3) is 0.182. The Morgan fingerprint density at radius 1 is 1.41 bits per heavy atom. The summed E-state index contributed by atoms with van der Waals surface area (Å²) in [7, 11) is 0. The third kappa shape index (κ3) is 4.40. The molecule has 0 spiro atoms. The number of ether oxygens (including phenoxy) is 1. The van der Waals surface area contributed by atoms with Gasteiger partial charge in [-0.1, -0.05) is 12.1 Å². The topological polar surface area (TPSA) is 79.2 Å². The number of carbonyl (C=O) groups is 2. The number of hydrogen-bond acceptors (Lipinski definition) is 4. The Kier molecular flexibility index (Phi) is 5.42. The monoisotopic (exact) mass is 344 g/mol. The van der Waals surface area contributed by atoms with Gasteiger partial charge in [0.05, 0.1) is 5.56 Å². The number of halogens is 1. The van der Waals surface area contributed by atoms with Crippen molar-refractivity contribution >= 4 is 34.5 Å². The molecule has 0 aliphatic rings. The average Bonchev–Trinajstić information content (AvgIpc) is 2.34. The van der Waals surface area contributed by atoms with Crippen molar-refractivity contribution in [2.45, 2.75) is 0 Å². The first kappa shape index (κ1) is 13.4. The number of nitriles is 1. The highest BCUT2D eigenvalue weighted by Crippen LogP contribution is 2.10. The molecule has 17 heavy (non-hydrogen) atoms. The van der Waals surface area contributed by atoms with Gasteiger partial charge in [-0.25, -0.2) is 0 Å². The van der Waals surface area contributed by atoms with Crippen molar-refractivity contribution in [2.75, 3.05) is 13.2 Å². The first-order valence-corrected chi connectivity index (χ1v) is 5.78. The van der Waals surface area contributed by atoms with Gasteiger partial charge < -0.3 is 10.1 Å². The van der Waals surface area contributed by atoms with E-state index in [-0.39, 0.29) is 19.1 Å². The van der Waals surface area contributed by atoms with Gasteiger partial charge in [0.15, 0.2) is 6.61 Å². The number of carbonyl (C=O) groups excluding carboxylic acids is 2. The Hall–Kier alpha value is -1.62. The van der Waals surface area contributed by atoms with E-state index in [1.54, 1.807) is 24.3 Å². The van der Waals surface area contributed by atoms with E-state index in [0.29, 0.717) is 5.56 Å². The predicted octanol–water partition coefficient (Wildman–Crippen LogP) is 1.09. The van der Waals surface area contributed by atoms with Crippen LogP contribution in [-0.4, -0.2) is 25.0 Å². The summed E-state index contributed by atoms with van der Waals surface area (Å²) in [4.78, 5) is 22.7. The summed E-state index contributed by atoms with van der Waals surface area (Å²) in [5.41, 5.74) is 0.501. The molecule has 0 atom stereocenters. The summed E-state index contributed by atoms with van der Waals surface area (Å²) in [6.07, 6.45) is 0. The van der Waals surface area contributed by atoms with Gasteiger partial charge in [0.1, 0.15) is 12.6 Å². The lowest BCUT2D eigenvalue weighted by molar-refractivity contribution is -0.140. The Morgan fingerprint density at radius 2 is 2.12 bits per heavy atom. The van der Waals surface area contributed by atoms with Gasteiger partial charge in [0.25, 0.3) is 5.91 Å². The van der Waals surface area contributed by atoms with E-state index in [1.165, 1.54) is 0 Å². The largest absolute Gasteiger partial charge is 0.449 e. The van der Waals surface area contributed by atoms with Crippen LogP contribution in [-0.2, 0) is 9.53 Å². The van der Waals surface area contributed by atoms with Crippen LogP contribution in [0.5, 0.6) is 0 Å². The minimum Gasteiger partial charge on any atom is -0.449 e. The average molecular weight is 344 g/mol. The number of rotatable bonds is 4. The second-order valence-electron chi connectivity index (χ2n) is 2.98. The zero-order valence-corrected chi connectivity index (χ0v) is 10.9. The van der Waals surface area contributed by atoms with E-state index in [9.17, 15) is 9.59 Å². The number of hydrogen-bond donors (Lipinski definition) is 1. The van der Waals surface area contributed by atoms with Crippen LogP contribution >= 0.6 is 22.6 Å². The Balaban J connectivity index is 2.49. The van der Waals surface area contributed by atoms with Crippen molar-refractivity contribution < 1.29 is 14.3 Å². The van der Waals surface area contributed by atoms with Gasteiger partial charge in [-0.05, 0) is 34.7 Å². The zero-order valence-electron chi connectivity index (χ0n) is 8.77. The summed E-state index contributed by atoms with van der Waals surface area (Å²) in [6.45, 7) is -0.553. The molecule has 1 aromatic carbocycles. The first-order valence-electron chi connectivity index (χ1n) is 4.70. The summed E-state index contributed by atoms with van der Waals surface area (Å²) in [5.74, 6) is -0.977. The van der Waals surface area contributed by atoms with Gasteiger partial charge in [0, 0.05) is 3.57 Å². The Bertz CT molecular complexity index is 468. The number of amides is 1. The van der Waals surface area contributed by atoms with Crippen LogP contribution in [0.4, 0.5) is 0 Å². The van der Waals surface area contributed by atoms with Crippen LogP contribution in [0.1, 0.15) is 10.4 Å². The van der Waals surface area contributed by atoms with Crippen molar-refractivity contribution in [1.82, 2.24) is 5.32 Å². The molecule has 0 aliphatic heterocycles. The zero-order chi connectivity index (χ0) is 12.7. The maximum Gasteiger partial charge on any atom is 0.326 e. The molecule has 1 aromatic rings. The van der Waals surface area contributed by atoms with Crippen molar-refractivity contribution in [3.05, 3.63) is 33.4 Å². The van der Waals surface area contributed by atoms with Crippen LogP contribution in [0, 0.1) is 14.9 Å². The Labute approximate surface area is 112 Å². The van der Waals surface area contributed by atoms with Gasteiger partial charge in [-0.2, -0.15) is 5.26 Å². The molecule has 0 heterocycles. The summed E-state index contributed by atoms with van der Waals surface area (Å²) in [5, 5.41) is 10.6. The van der Waals surface area contributed by atoms with Gasteiger partial charge >= 0.3 is 5.97 Å². The second-order valence-corrected chi connectivity index (χ2v) is 4.14. The first-order chi connectivity index (χ1) is 8.15. The molecule has 6 heteroatoms. The Morgan fingerprint density at radius 3 is 2.76 bits per heavy atom. The third-order valence-electron chi connectivity index (χ3n) is 1.81. The van der Waals surface area contributed by atoms with E-state index in [0.717, 1.165) is 3.57 Å². The van der Waals surface area contributed by atoms with Gasteiger partial charge in [0.2, 0.25) is 0 Å². The van der Waals surface area contributed by atoms with E-state index in [4.69, 9.17) is 5.26 Å². The van der Waals surface area contributed by atoms with E-state index < -0.39 is 5.97 Å². The number of nitrogens with one attached hydrogen (secondary N) is 1. The van der Waals surface area contributed by atoms with Gasteiger partial charge in [-0.15, -0.1) is 0 Å². The highest BCUT2D eigenvalue weighted by Gasteiger charge is 2.10. The van der Waals surface area contributed by atoms with Crippen LogP contribution in [0.15, 0.2) is 24.3 Å². The van der Waals surface area contributed by atoms with Crippen molar-refractivity contribution in [1.29, 1.82) is 5.26 Å². The van der Waals surface area contributed by atoms with Crippen molar-refractivity contribution in [3.8, 4) is 6.07 Å². The fourth-order valence-corrected chi connectivity index (χ4v) is 1.69. The number of esters is 1. The molecule has 1 rings (SSSR count). The third-order valence-corrected chi connectivity index (χ3v) is 2.75. The lowest BCUT2D eigenvalue weighted by Gasteiger charge is -2.05. The predicted molar refractivity (Wildman–Crippen MR) is 68.1 cm³/mol. The quantitative estimate of drug-likeness (QED) is 0.655. The molecule has 0 fully saturated rings. The lowest BCUT2D eigenvalue weighted by atomic mass is 10.2. The molecular weight excluding hydrogens is 335 g/mol. The molecule has 0 saturated carbocycles. The van der Waals surface area contributed by atoms with Crippen LogP contribution < -0.4 is 5.32 Å². The minimum absolute atomic E-state index is 0.245. The molecular formula is C11H9IN2O3. The number of nitrogens with zero attached hydrogens (tertiary/aromatic N) is 1. The smallest absolute Gasteiger partial charge is 0.326 e. The molecule has 5 nitrogen and oxygen atoms in total. The maximum atomic E-state index is 11.7. The van der Waals surface area contributed by atoms with E-state index in [2.05, 4.69) is 10.1 Å². The molecule has 0 radical (unpaired) electrons. The highest BCUT2D eigenvalue weighted by molar-refractivity contribution is 14.1. The molecule has 0 bridgehead atoms. The van der Waals surface area contributed by atoms with Crippen LogP contribution in [0.2, 0.25) is 0 Å². The molecule has 1 amide bonds. The molecule has 0 aromatic heterocycles.